The number of hydrogen-bond donors (Lipinski definition) is 1. The molecule has 1 rings (SSSR count). The smallest absolute Gasteiger partial charge is 0.352 e. The minimum Gasteiger partial charge on any atom is -0.352 e. The molecule has 0 aliphatic heterocycles. The van der Waals surface area contributed by atoms with Crippen LogP contribution >= 0.6 is 0 Å². The van der Waals surface area contributed by atoms with E-state index in [1.54, 1.807) is 0 Å². The maximum absolute atomic E-state index is 12.4. The van der Waals surface area contributed by atoms with Gasteiger partial charge in [-0.05, 0) is 32.3 Å². The van der Waals surface area contributed by atoms with Crippen molar-refractivity contribution in [3.63, 3.8) is 0 Å². The number of halogens is 3. The van der Waals surface area contributed by atoms with Crippen LogP contribution in [-0.2, 0) is 6.18 Å². The first kappa shape index (κ1) is 14.5. The molecule has 0 saturated carbocycles. The van der Waals surface area contributed by atoms with E-state index < -0.39 is 11.9 Å². The highest BCUT2D eigenvalue weighted by molar-refractivity contribution is 5.27. The van der Waals surface area contributed by atoms with Crippen molar-refractivity contribution in [2.45, 2.75) is 38.4 Å². The lowest BCUT2D eigenvalue weighted by Gasteiger charge is -2.14. The number of alkyl halides is 3. The van der Waals surface area contributed by atoms with Crippen molar-refractivity contribution in [2.75, 3.05) is 5.32 Å². The summed E-state index contributed by atoms with van der Waals surface area (Å²) in [6.45, 7) is 5.49. The maximum atomic E-state index is 12.4. The molecule has 0 amide bonds. The van der Waals surface area contributed by atoms with Crippen molar-refractivity contribution >= 4 is 5.95 Å². The Balaban J connectivity index is 2.59. The molecule has 18 heavy (non-hydrogen) atoms. The summed E-state index contributed by atoms with van der Waals surface area (Å²) in [6, 6.07) is 0.876. The number of hydrogen-bond acceptors (Lipinski definition) is 3. The summed E-state index contributed by atoms with van der Waals surface area (Å²) in [4.78, 5) is 7.22. The largest absolute Gasteiger partial charge is 0.433 e. The molecule has 3 nitrogen and oxygen atoms in total. The molecule has 1 unspecified atom stereocenters. The summed E-state index contributed by atoms with van der Waals surface area (Å²) in [6.07, 6.45) is 1.12. The number of anilines is 1. The summed E-state index contributed by atoms with van der Waals surface area (Å²) >= 11 is 0. The summed E-state index contributed by atoms with van der Waals surface area (Å²) in [5.74, 6) is 0.0101. The molecule has 0 aliphatic rings. The van der Waals surface area contributed by atoms with E-state index in [9.17, 15) is 13.2 Å². The van der Waals surface area contributed by atoms with Crippen LogP contribution in [0, 0.1) is 0 Å². The van der Waals surface area contributed by atoms with Crippen molar-refractivity contribution < 1.29 is 13.2 Å². The molecule has 0 fully saturated rings. The standard InChI is InChI=1S/C12H16F3N3/c1-3-4-5-6-9(2)17-11-16-8-7-10(18-11)12(13,14)15/h3,7-9H,1,4-6H2,2H3,(H,16,17,18). The predicted octanol–water partition coefficient (Wildman–Crippen LogP) is 3.65. The SMILES string of the molecule is C=CCCCC(C)Nc1nccc(C(F)(F)F)n1. The van der Waals surface area contributed by atoms with Gasteiger partial charge in [-0.2, -0.15) is 13.2 Å². The second kappa shape index (κ2) is 6.37. The Bertz CT molecular complexity index is 390. The third-order valence-corrected chi connectivity index (χ3v) is 2.37. The first-order chi connectivity index (χ1) is 8.43. The van der Waals surface area contributed by atoms with E-state index in [-0.39, 0.29) is 12.0 Å². The molecule has 1 aromatic heterocycles. The third-order valence-electron chi connectivity index (χ3n) is 2.37. The number of rotatable bonds is 6. The highest BCUT2D eigenvalue weighted by atomic mass is 19.4. The van der Waals surface area contributed by atoms with Gasteiger partial charge in [0.25, 0.3) is 0 Å². The van der Waals surface area contributed by atoms with E-state index in [1.165, 1.54) is 0 Å². The zero-order valence-electron chi connectivity index (χ0n) is 10.2. The van der Waals surface area contributed by atoms with Crippen LogP contribution in [-0.4, -0.2) is 16.0 Å². The molecule has 0 bridgehead atoms. The Morgan fingerprint density at radius 3 is 2.83 bits per heavy atom. The van der Waals surface area contributed by atoms with E-state index in [2.05, 4.69) is 21.9 Å². The average molecular weight is 259 g/mol. The van der Waals surface area contributed by atoms with E-state index in [1.807, 2.05) is 13.0 Å². The molecule has 1 atom stereocenters. The fourth-order valence-electron chi connectivity index (χ4n) is 1.45. The normalized spacial score (nSPS) is 13.1. The van der Waals surface area contributed by atoms with Gasteiger partial charge in [0.2, 0.25) is 5.95 Å². The number of nitrogens with one attached hydrogen (secondary N) is 1. The van der Waals surface area contributed by atoms with Gasteiger partial charge in [0.1, 0.15) is 5.69 Å². The Morgan fingerprint density at radius 1 is 1.50 bits per heavy atom. The lowest BCUT2D eigenvalue weighted by molar-refractivity contribution is -0.141. The molecule has 0 aliphatic carbocycles. The van der Waals surface area contributed by atoms with Crippen LogP contribution in [0.2, 0.25) is 0 Å². The topological polar surface area (TPSA) is 37.8 Å². The molecule has 1 N–H and O–H groups in total. The zero-order valence-corrected chi connectivity index (χ0v) is 10.2. The molecule has 1 aromatic rings. The molecule has 1 heterocycles. The molecule has 0 saturated heterocycles. The van der Waals surface area contributed by atoms with Crippen LogP contribution in [0.25, 0.3) is 0 Å². The first-order valence-corrected chi connectivity index (χ1v) is 5.71. The Kier molecular flexibility index (Phi) is 5.12. The van der Waals surface area contributed by atoms with Crippen molar-refractivity contribution in [1.29, 1.82) is 0 Å². The van der Waals surface area contributed by atoms with Crippen LogP contribution in [0.3, 0.4) is 0 Å². The second-order valence-corrected chi connectivity index (χ2v) is 4.03. The number of aromatic nitrogens is 2. The van der Waals surface area contributed by atoms with Crippen LogP contribution in [0.1, 0.15) is 31.9 Å². The predicted molar refractivity (Wildman–Crippen MR) is 64.2 cm³/mol. The van der Waals surface area contributed by atoms with Gasteiger partial charge in [0.05, 0.1) is 0 Å². The van der Waals surface area contributed by atoms with Crippen LogP contribution < -0.4 is 5.32 Å². The molecule has 0 spiro atoms. The minimum absolute atomic E-state index is 0.0101. The third kappa shape index (κ3) is 4.73. The quantitative estimate of drug-likeness (QED) is 0.626. The van der Waals surface area contributed by atoms with Gasteiger partial charge in [-0.3, -0.25) is 0 Å². The van der Waals surface area contributed by atoms with E-state index in [0.29, 0.717) is 0 Å². The van der Waals surface area contributed by atoms with Gasteiger partial charge in [-0.15, -0.1) is 6.58 Å². The van der Waals surface area contributed by atoms with Crippen molar-refractivity contribution in [1.82, 2.24) is 9.97 Å². The van der Waals surface area contributed by atoms with Crippen LogP contribution in [0.5, 0.6) is 0 Å². The minimum atomic E-state index is -4.44. The number of unbranched alkanes of at least 4 members (excludes halogenated alkanes) is 1. The first-order valence-electron chi connectivity index (χ1n) is 5.71. The van der Waals surface area contributed by atoms with Crippen molar-refractivity contribution in [2.24, 2.45) is 0 Å². The number of allylic oxidation sites excluding steroid dienone is 1. The van der Waals surface area contributed by atoms with E-state index >= 15 is 0 Å². The van der Waals surface area contributed by atoms with Crippen molar-refractivity contribution in [3.8, 4) is 0 Å². The van der Waals surface area contributed by atoms with Gasteiger partial charge in [0, 0.05) is 12.2 Å². The fraction of sp³-hybridized carbons (Fsp3) is 0.500. The van der Waals surface area contributed by atoms with Crippen LogP contribution in [0.15, 0.2) is 24.9 Å². The summed E-state index contributed by atoms with van der Waals surface area (Å²) in [5, 5.41) is 2.86. The van der Waals surface area contributed by atoms with Gasteiger partial charge >= 0.3 is 6.18 Å². The second-order valence-electron chi connectivity index (χ2n) is 4.03. The number of nitrogens with zero attached hydrogens (tertiary/aromatic N) is 2. The van der Waals surface area contributed by atoms with Gasteiger partial charge in [-0.1, -0.05) is 6.08 Å². The summed E-state index contributed by atoms with van der Waals surface area (Å²) in [7, 11) is 0. The van der Waals surface area contributed by atoms with E-state index in [0.717, 1.165) is 31.5 Å². The Hall–Kier alpha value is -1.59. The summed E-state index contributed by atoms with van der Waals surface area (Å²) < 4.78 is 37.3. The Morgan fingerprint density at radius 2 is 2.22 bits per heavy atom. The van der Waals surface area contributed by atoms with Crippen LogP contribution in [0.4, 0.5) is 19.1 Å². The highest BCUT2D eigenvalue weighted by Crippen LogP contribution is 2.27. The lowest BCUT2D eigenvalue weighted by Crippen LogP contribution is -2.18. The monoisotopic (exact) mass is 259 g/mol. The molecular weight excluding hydrogens is 243 g/mol. The Labute approximate surface area is 104 Å². The summed E-state index contributed by atoms with van der Waals surface area (Å²) in [5.41, 5.74) is -0.932. The van der Waals surface area contributed by atoms with Gasteiger partial charge in [0.15, 0.2) is 0 Å². The van der Waals surface area contributed by atoms with E-state index in [4.69, 9.17) is 0 Å². The molecular formula is C12H16F3N3. The molecule has 0 aromatic carbocycles. The molecule has 100 valence electrons. The average Bonchev–Trinajstić information content (AvgIpc) is 2.28. The highest BCUT2D eigenvalue weighted by Gasteiger charge is 2.32. The molecule has 6 heteroatoms. The molecule has 0 radical (unpaired) electrons. The zero-order chi connectivity index (χ0) is 13.6. The van der Waals surface area contributed by atoms with Crippen molar-refractivity contribution in [3.05, 3.63) is 30.6 Å². The van der Waals surface area contributed by atoms with Gasteiger partial charge < -0.3 is 5.32 Å². The van der Waals surface area contributed by atoms with Gasteiger partial charge in [-0.25, -0.2) is 9.97 Å². The fourth-order valence-corrected chi connectivity index (χ4v) is 1.45. The lowest BCUT2D eigenvalue weighted by atomic mass is 10.1. The maximum Gasteiger partial charge on any atom is 0.433 e.